The number of benzene rings is 2. The summed E-state index contributed by atoms with van der Waals surface area (Å²) in [5.41, 5.74) is 5.12. The molecule has 0 unspecified atom stereocenters. The highest BCUT2D eigenvalue weighted by Crippen LogP contribution is 2.48. The number of furan rings is 1. The molecule has 2 aliphatic heterocycles. The van der Waals surface area contributed by atoms with E-state index < -0.39 is 11.9 Å². The molecule has 1 aliphatic carbocycles. The average Bonchev–Trinajstić information content (AvgIpc) is 3.72. The second-order valence-corrected chi connectivity index (χ2v) is 15.1. The van der Waals surface area contributed by atoms with E-state index in [-0.39, 0.29) is 12.0 Å². The number of nitrogens with zero attached hydrogens (tertiary/aromatic N) is 4. The van der Waals surface area contributed by atoms with Gasteiger partial charge in [0.2, 0.25) is 0 Å². The summed E-state index contributed by atoms with van der Waals surface area (Å²) in [6.45, 7) is 8.42. The van der Waals surface area contributed by atoms with Crippen LogP contribution in [0.1, 0.15) is 106 Å². The quantitative estimate of drug-likeness (QED) is 0.109. The molecule has 2 fully saturated rings. The first-order chi connectivity index (χ1) is 24.9. The highest BCUT2D eigenvalue weighted by Gasteiger charge is 2.39. The van der Waals surface area contributed by atoms with Crippen LogP contribution in [-0.2, 0) is 42.3 Å². The number of carboxylic acids is 1. The molecule has 10 heteroatoms. The van der Waals surface area contributed by atoms with Crippen molar-refractivity contribution in [1.29, 1.82) is 0 Å². The number of rotatable bonds is 17. The first-order valence-electron chi connectivity index (χ1n) is 19.2. The van der Waals surface area contributed by atoms with Crippen LogP contribution in [0.3, 0.4) is 0 Å². The van der Waals surface area contributed by atoms with E-state index in [9.17, 15) is 9.90 Å². The van der Waals surface area contributed by atoms with E-state index in [1.807, 2.05) is 23.9 Å². The molecule has 1 saturated carbocycles. The predicted molar refractivity (Wildman–Crippen MR) is 195 cm³/mol. The van der Waals surface area contributed by atoms with Crippen molar-refractivity contribution in [2.24, 2.45) is 17.8 Å². The van der Waals surface area contributed by atoms with E-state index in [1.54, 1.807) is 7.11 Å². The van der Waals surface area contributed by atoms with E-state index in [0.29, 0.717) is 25.0 Å². The molecule has 0 radical (unpaired) electrons. The van der Waals surface area contributed by atoms with Crippen molar-refractivity contribution in [3.05, 3.63) is 70.7 Å². The van der Waals surface area contributed by atoms with Gasteiger partial charge in [-0.05, 0) is 111 Å². The molecule has 1 N–H and O–H groups in total. The number of carbonyl (C=O) groups is 1. The molecule has 7 rings (SSSR count). The lowest BCUT2D eigenvalue weighted by atomic mass is 9.81. The number of methoxy groups -OCH3 is 1. The summed E-state index contributed by atoms with van der Waals surface area (Å²) in [6, 6.07) is 12.6. The van der Waals surface area contributed by atoms with Crippen LogP contribution in [0.15, 0.2) is 47.0 Å². The monoisotopic (exact) mass is 698 g/mol. The summed E-state index contributed by atoms with van der Waals surface area (Å²) < 4.78 is 26.8. The topological polar surface area (TPSA) is 112 Å². The Bertz CT molecular complexity index is 1770. The lowest BCUT2D eigenvalue weighted by molar-refractivity contribution is -0.142. The van der Waals surface area contributed by atoms with Crippen molar-refractivity contribution in [2.75, 3.05) is 20.2 Å². The molecule has 4 aromatic rings. The van der Waals surface area contributed by atoms with Gasteiger partial charge in [0.15, 0.2) is 0 Å². The zero-order valence-corrected chi connectivity index (χ0v) is 30.5. The van der Waals surface area contributed by atoms with Crippen LogP contribution in [-0.4, -0.2) is 57.3 Å². The molecule has 2 aromatic heterocycles. The van der Waals surface area contributed by atoms with Crippen molar-refractivity contribution in [2.45, 2.75) is 116 Å². The summed E-state index contributed by atoms with van der Waals surface area (Å²) in [6.07, 6.45) is 13.4. The fourth-order valence-corrected chi connectivity index (χ4v) is 8.31. The van der Waals surface area contributed by atoms with Gasteiger partial charge in [-0.25, -0.2) is 0 Å². The van der Waals surface area contributed by atoms with Crippen molar-refractivity contribution in [3.8, 4) is 11.5 Å². The second-order valence-electron chi connectivity index (χ2n) is 15.1. The van der Waals surface area contributed by atoms with Gasteiger partial charge in [-0.1, -0.05) is 50.5 Å². The largest absolute Gasteiger partial charge is 0.496 e. The van der Waals surface area contributed by atoms with Gasteiger partial charge in [-0.2, -0.15) is 0 Å². The van der Waals surface area contributed by atoms with Gasteiger partial charge in [0.25, 0.3) is 0 Å². The van der Waals surface area contributed by atoms with E-state index >= 15 is 0 Å². The van der Waals surface area contributed by atoms with Crippen LogP contribution in [0.25, 0.3) is 11.0 Å². The standard InChI is InChI=1S/C41H54N4O6/c1-4-5-6-7-18-45-23-33(42-43-45)25-49-26-34-21-32-13-15-37(48-3)35(40(32)50-34)24-44-19-16-29(17-20-44)36-14-12-28-8-11-31(22-38(28)51-36)39(30-9-10-30)27(2)41(46)47/h8,11,13,15,21-23,27,29-30,36,39H,4-7,9-10,12,14,16-20,24-26H2,1-3H3,(H,46,47)/t27-,36+,39-/m0/s1. The van der Waals surface area contributed by atoms with Gasteiger partial charge in [-0.3, -0.25) is 14.4 Å². The van der Waals surface area contributed by atoms with Gasteiger partial charge in [0, 0.05) is 18.5 Å². The minimum atomic E-state index is -0.716. The summed E-state index contributed by atoms with van der Waals surface area (Å²) in [4.78, 5) is 14.4. The zero-order valence-electron chi connectivity index (χ0n) is 30.5. The van der Waals surface area contributed by atoms with Gasteiger partial charge in [-0.15, -0.1) is 5.10 Å². The Balaban J connectivity index is 0.938. The molecule has 3 aliphatic rings. The van der Waals surface area contributed by atoms with Crippen LogP contribution in [0.5, 0.6) is 11.5 Å². The Kier molecular flexibility index (Phi) is 11.3. The Hall–Kier alpha value is -3.89. The maximum atomic E-state index is 11.9. The summed E-state index contributed by atoms with van der Waals surface area (Å²) in [5, 5.41) is 19.3. The number of fused-ring (bicyclic) bond motifs is 2. The Morgan fingerprint density at radius 3 is 2.65 bits per heavy atom. The highest BCUT2D eigenvalue weighted by molar-refractivity contribution is 5.83. The number of ether oxygens (including phenoxy) is 3. The SMILES string of the molecule is CCCCCCn1cc(COCc2cc3ccc(OC)c(CN4CCC([C@H]5CCc6ccc([C@H](C7CC7)[C@H](C)C(=O)O)cc6O5)CC4)c3o2)nn1. The first-order valence-corrected chi connectivity index (χ1v) is 19.2. The zero-order chi connectivity index (χ0) is 35.3. The average molecular weight is 699 g/mol. The minimum absolute atomic E-state index is 0.0530. The Morgan fingerprint density at radius 2 is 1.88 bits per heavy atom. The van der Waals surface area contributed by atoms with Crippen LogP contribution < -0.4 is 9.47 Å². The molecule has 0 amide bonds. The first kappa shape index (κ1) is 35.5. The maximum Gasteiger partial charge on any atom is 0.306 e. The van der Waals surface area contributed by atoms with Gasteiger partial charge in [0.05, 0.1) is 31.4 Å². The Morgan fingerprint density at radius 1 is 1.04 bits per heavy atom. The summed E-state index contributed by atoms with van der Waals surface area (Å²) in [7, 11) is 1.72. The van der Waals surface area contributed by atoms with Gasteiger partial charge >= 0.3 is 5.97 Å². The number of hydrogen-bond donors (Lipinski definition) is 1. The highest BCUT2D eigenvalue weighted by atomic mass is 16.5. The number of unbranched alkanes of at least 4 members (excludes halogenated alkanes) is 3. The van der Waals surface area contributed by atoms with E-state index in [1.165, 1.54) is 24.8 Å². The van der Waals surface area contributed by atoms with E-state index in [0.717, 1.165) is 116 Å². The number of likely N-dealkylation sites (tertiary alicyclic amines) is 1. The second kappa shape index (κ2) is 16.2. The molecule has 1 saturated heterocycles. The number of aryl methyl sites for hydroxylation is 2. The number of piperidine rings is 1. The molecule has 2 aromatic carbocycles. The molecule has 4 heterocycles. The van der Waals surface area contributed by atoms with Crippen LogP contribution >= 0.6 is 0 Å². The van der Waals surface area contributed by atoms with Crippen molar-refractivity contribution in [3.63, 3.8) is 0 Å². The van der Waals surface area contributed by atoms with E-state index in [2.05, 4.69) is 52.5 Å². The molecule has 10 nitrogen and oxygen atoms in total. The molecule has 0 bridgehead atoms. The summed E-state index contributed by atoms with van der Waals surface area (Å²) >= 11 is 0. The normalized spacial score (nSPS) is 19.5. The predicted octanol–water partition coefficient (Wildman–Crippen LogP) is 8.15. The lowest BCUT2D eigenvalue weighted by Gasteiger charge is -2.38. The molecule has 274 valence electrons. The molecular formula is C41H54N4O6. The third-order valence-corrected chi connectivity index (χ3v) is 11.4. The number of aliphatic carboxylic acids is 1. The van der Waals surface area contributed by atoms with E-state index in [4.69, 9.17) is 18.6 Å². The third kappa shape index (κ3) is 8.44. The molecular weight excluding hydrogens is 644 g/mol. The van der Waals surface area contributed by atoms with Crippen LogP contribution in [0, 0.1) is 17.8 Å². The molecule has 51 heavy (non-hydrogen) atoms. The fraction of sp³-hybridized carbons (Fsp3) is 0.585. The number of carboxylic acid groups (broad SMARTS) is 1. The van der Waals surface area contributed by atoms with Gasteiger partial charge < -0.3 is 23.7 Å². The minimum Gasteiger partial charge on any atom is -0.496 e. The van der Waals surface area contributed by atoms with Gasteiger partial charge in [0.1, 0.15) is 41.2 Å². The molecule has 3 atom stereocenters. The summed E-state index contributed by atoms with van der Waals surface area (Å²) in [5.74, 6) is 2.48. The Labute approximate surface area is 301 Å². The molecule has 0 spiro atoms. The van der Waals surface area contributed by atoms with Crippen LogP contribution in [0.2, 0.25) is 0 Å². The van der Waals surface area contributed by atoms with Crippen molar-refractivity contribution in [1.82, 2.24) is 19.9 Å². The van der Waals surface area contributed by atoms with Crippen molar-refractivity contribution < 1.29 is 28.5 Å². The fourth-order valence-electron chi connectivity index (χ4n) is 8.31. The third-order valence-electron chi connectivity index (χ3n) is 11.4. The maximum absolute atomic E-state index is 11.9. The smallest absolute Gasteiger partial charge is 0.306 e. The van der Waals surface area contributed by atoms with Crippen molar-refractivity contribution >= 4 is 16.9 Å². The van der Waals surface area contributed by atoms with Crippen LogP contribution in [0.4, 0.5) is 0 Å². The number of hydrogen-bond acceptors (Lipinski definition) is 8. The number of aromatic nitrogens is 3. The lowest BCUT2D eigenvalue weighted by Crippen LogP contribution is -2.40.